The lowest BCUT2D eigenvalue weighted by molar-refractivity contribution is -0.117. The van der Waals surface area contributed by atoms with Gasteiger partial charge in [0.1, 0.15) is 0 Å². The highest BCUT2D eigenvalue weighted by Crippen LogP contribution is 2.30. The molecular formula is C24H31N3O2. The fraction of sp³-hybridized carbons (Fsp3) is 0.417. The molecule has 1 aliphatic carbocycles. The smallest absolute Gasteiger partial charge is 0.317 e. The molecule has 5 nitrogen and oxygen atoms in total. The van der Waals surface area contributed by atoms with Crippen LogP contribution < -0.4 is 10.6 Å². The van der Waals surface area contributed by atoms with E-state index in [-0.39, 0.29) is 23.3 Å². The second kappa shape index (κ2) is 8.68. The first-order valence-corrected chi connectivity index (χ1v) is 10.2. The quantitative estimate of drug-likeness (QED) is 0.749. The molecule has 0 aromatic heterocycles. The molecule has 3 rings (SSSR count). The Hall–Kier alpha value is -2.82. The van der Waals surface area contributed by atoms with Crippen molar-refractivity contribution in [1.82, 2.24) is 10.2 Å². The molecule has 154 valence electrons. The van der Waals surface area contributed by atoms with Crippen LogP contribution in [0.15, 0.2) is 48.5 Å². The number of hydrogen-bond acceptors (Lipinski definition) is 2. The first kappa shape index (κ1) is 20.9. The largest absolute Gasteiger partial charge is 0.334 e. The first-order chi connectivity index (χ1) is 13.7. The van der Waals surface area contributed by atoms with Gasteiger partial charge in [0.2, 0.25) is 5.91 Å². The molecule has 5 heteroatoms. The van der Waals surface area contributed by atoms with Crippen molar-refractivity contribution in [3.05, 3.63) is 65.2 Å². The van der Waals surface area contributed by atoms with Gasteiger partial charge in [0.25, 0.3) is 0 Å². The van der Waals surface area contributed by atoms with Crippen molar-refractivity contribution in [3.8, 4) is 0 Å². The zero-order valence-electron chi connectivity index (χ0n) is 17.8. The summed E-state index contributed by atoms with van der Waals surface area (Å²) in [4.78, 5) is 26.0. The van der Waals surface area contributed by atoms with Crippen LogP contribution in [0.3, 0.4) is 0 Å². The van der Waals surface area contributed by atoms with E-state index in [9.17, 15) is 9.59 Å². The summed E-state index contributed by atoms with van der Waals surface area (Å²) in [5.74, 6) is 0.257. The standard InChI is InChI=1S/C24H31N3O2/c1-24(2,3)20-12-8-17(9-13-20)16-27(4)23(29)25-15-18-6-5-7-21(14-18)26-22(28)19-10-11-19/h5-9,12-14,19H,10-11,15-16H2,1-4H3,(H,25,29)(H,26,28). The van der Waals surface area contributed by atoms with Crippen molar-refractivity contribution in [2.24, 2.45) is 5.92 Å². The van der Waals surface area contributed by atoms with Crippen molar-refractivity contribution in [3.63, 3.8) is 0 Å². The Kier molecular flexibility index (Phi) is 6.26. The van der Waals surface area contributed by atoms with Crippen molar-refractivity contribution in [2.75, 3.05) is 12.4 Å². The molecular weight excluding hydrogens is 362 g/mol. The van der Waals surface area contributed by atoms with Crippen LogP contribution in [0, 0.1) is 5.92 Å². The highest BCUT2D eigenvalue weighted by Gasteiger charge is 2.29. The zero-order valence-corrected chi connectivity index (χ0v) is 17.8. The van der Waals surface area contributed by atoms with Crippen LogP contribution in [-0.4, -0.2) is 23.9 Å². The van der Waals surface area contributed by atoms with Gasteiger partial charge in [0, 0.05) is 31.7 Å². The van der Waals surface area contributed by atoms with Gasteiger partial charge in [-0.1, -0.05) is 57.2 Å². The maximum absolute atomic E-state index is 12.5. The van der Waals surface area contributed by atoms with Gasteiger partial charge in [-0.25, -0.2) is 4.79 Å². The van der Waals surface area contributed by atoms with E-state index in [2.05, 4.69) is 55.7 Å². The number of carbonyl (C=O) groups is 2. The Balaban J connectivity index is 1.50. The Morgan fingerprint density at radius 3 is 2.34 bits per heavy atom. The molecule has 2 aromatic rings. The third kappa shape index (κ3) is 6.08. The summed E-state index contributed by atoms with van der Waals surface area (Å²) in [6.07, 6.45) is 1.96. The molecule has 3 amide bonds. The van der Waals surface area contributed by atoms with Crippen LogP contribution >= 0.6 is 0 Å². The lowest BCUT2D eigenvalue weighted by Gasteiger charge is -2.21. The molecule has 0 unspecified atom stereocenters. The predicted molar refractivity (Wildman–Crippen MR) is 117 cm³/mol. The number of urea groups is 1. The molecule has 1 fully saturated rings. The summed E-state index contributed by atoms with van der Waals surface area (Å²) in [6, 6.07) is 15.9. The number of amides is 3. The van der Waals surface area contributed by atoms with Gasteiger partial charge in [0.05, 0.1) is 0 Å². The van der Waals surface area contributed by atoms with E-state index in [1.165, 1.54) is 5.56 Å². The Morgan fingerprint density at radius 2 is 1.72 bits per heavy atom. The van der Waals surface area contributed by atoms with Crippen LogP contribution in [0.25, 0.3) is 0 Å². The molecule has 0 bridgehead atoms. The normalized spacial score (nSPS) is 13.7. The number of nitrogens with zero attached hydrogens (tertiary/aromatic N) is 1. The molecule has 0 saturated heterocycles. The van der Waals surface area contributed by atoms with Gasteiger partial charge in [-0.3, -0.25) is 4.79 Å². The molecule has 0 atom stereocenters. The fourth-order valence-electron chi connectivity index (χ4n) is 3.12. The Bertz CT molecular complexity index is 864. The summed E-state index contributed by atoms with van der Waals surface area (Å²) in [5, 5.41) is 5.88. The molecule has 29 heavy (non-hydrogen) atoms. The molecule has 1 aliphatic rings. The van der Waals surface area contributed by atoms with Crippen molar-refractivity contribution in [1.29, 1.82) is 0 Å². The van der Waals surface area contributed by atoms with Gasteiger partial charge in [-0.15, -0.1) is 0 Å². The second-order valence-corrected chi connectivity index (χ2v) is 8.93. The second-order valence-electron chi connectivity index (χ2n) is 8.93. The molecule has 0 heterocycles. The van der Waals surface area contributed by atoms with Crippen molar-refractivity contribution in [2.45, 2.75) is 52.1 Å². The van der Waals surface area contributed by atoms with Crippen molar-refractivity contribution < 1.29 is 9.59 Å². The van der Waals surface area contributed by atoms with Crippen LogP contribution in [0.2, 0.25) is 0 Å². The minimum atomic E-state index is -0.127. The molecule has 1 saturated carbocycles. The summed E-state index contributed by atoms with van der Waals surface area (Å²) >= 11 is 0. The Morgan fingerprint density at radius 1 is 1.03 bits per heavy atom. The van der Waals surface area contributed by atoms with Crippen LogP contribution in [-0.2, 0) is 23.3 Å². The van der Waals surface area contributed by atoms with E-state index in [0.717, 1.165) is 29.7 Å². The molecule has 0 radical (unpaired) electrons. The molecule has 0 spiro atoms. The third-order valence-electron chi connectivity index (χ3n) is 5.17. The number of nitrogens with one attached hydrogen (secondary N) is 2. The van der Waals surface area contributed by atoms with E-state index >= 15 is 0 Å². The van der Waals surface area contributed by atoms with E-state index in [0.29, 0.717) is 13.1 Å². The lowest BCUT2D eigenvalue weighted by atomic mass is 9.87. The van der Waals surface area contributed by atoms with Gasteiger partial charge in [-0.05, 0) is 47.1 Å². The highest BCUT2D eigenvalue weighted by molar-refractivity contribution is 5.94. The number of carbonyl (C=O) groups excluding carboxylic acids is 2. The zero-order chi connectivity index (χ0) is 21.0. The minimum Gasteiger partial charge on any atom is -0.334 e. The molecule has 2 aromatic carbocycles. The van der Waals surface area contributed by atoms with Gasteiger partial charge in [0.15, 0.2) is 0 Å². The number of rotatable bonds is 6. The SMILES string of the molecule is CN(Cc1ccc(C(C)(C)C)cc1)C(=O)NCc1cccc(NC(=O)C2CC2)c1. The predicted octanol–water partition coefficient (Wildman–Crippen LogP) is 4.67. The first-order valence-electron chi connectivity index (χ1n) is 10.2. The third-order valence-corrected chi connectivity index (χ3v) is 5.17. The number of anilines is 1. The van der Waals surface area contributed by atoms with Crippen molar-refractivity contribution >= 4 is 17.6 Å². The fourth-order valence-corrected chi connectivity index (χ4v) is 3.12. The molecule has 0 aliphatic heterocycles. The van der Waals surface area contributed by atoms with E-state index < -0.39 is 0 Å². The van der Waals surface area contributed by atoms with Gasteiger partial charge in [-0.2, -0.15) is 0 Å². The summed E-state index contributed by atoms with van der Waals surface area (Å²) in [7, 11) is 1.79. The minimum absolute atomic E-state index is 0.0865. The summed E-state index contributed by atoms with van der Waals surface area (Å²) in [6.45, 7) is 7.53. The van der Waals surface area contributed by atoms with E-state index in [4.69, 9.17) is 0 Å². The highest BCUT2D eigenvalue weighted by atomic mass is 16.2. The number of hydrogen-bond donors (Lipinski definition) is 2. The summed E-state index contributed by atoms with van der Waals surface area (Å²) in [5.41, 5.74) is 4.23. The van der Waals surface area contributed by atoms with E-state index in [1.54, 1.807) is 11.9 Å². The van der Waals surface area contributed by atoms with Crippen LogP contribution in [0.1, 0.15) is 50.3 Å². The van der Waals surface area contributed by atoms with Crippen LogP contribution in [0.4, 0.5) is 10.5 Å². The van der Waals surface area contributed by atoms with Gasteiger partial charge >= 0.3 is 6.03 Å². The number of benzene rings is 2. The maximum atomic E-state index is 12.5. The van der Waals surface area contributed by atoms with E-state index in [1.807, 2.05) is 24.3 Å². The Labute approximate surface area is 173 Å². The maximum Gasteiger partial charge on any atom is 0.317 e. The lowest BCUT2D eigenvalue weighted by Crippen LogP contribution is -2.36. The monoisotopic (exact) mass is 393 g/mol. The topological polar surface area (TPSA) is 61.4 Å². The van der Waals surface area contributed by atoms with Gasteiger partial charge < -0.3 is 15.5 Å². The van der Waals surface area contributed by atoms with Crippen LogP contribution in [0.5, 0.6) is 0 Å². The molecule has 2 N–H and O–H groups in total. The average Bonchev–Trinajstić information content (AvgIpc) is 3.51. The average molecular weight is 394 g/mol. The summed E-state index contributed by atoms with van der Waals surface area (Å²) < 4.78 is 0.